The predicted molar refractivity (Wildman–Crippen MR) is 143 cm³/mol. The van der Waals surface area contributed by atoms with Gasteiger partial charge >= 0.3 is 12.2 Å². The predicted octanol–water partition coefficient (Wildman–Crippen LogP) is 5.00. The highest BCUT2D eigenvalue weighted by Crippen LogP contribution is 2.15. The first-order chi connectivity index (χ1) is 19.0. The molecule has 0 aliphatic carbocycles. The quantitative estimate of drug-likeness (QED) is 0.221. The minimum Gasteiger partial charge on any atom is -0.466 e. The molecule has 0 spiro atoms. The third-order valence-electron chi connectivity index (χ3n) is 6.09. The van der Waals surface area contributed by atoms with Crippen molar-refractivity contribution in [3.8, 4) is 0 Å². The van der Waals surface area contributed by atoms with E-state index in [2.05, 4.69) is 10.6 Å². The second-order valence-corrected chi connectivity index (χ2v) is 9.09. The second-order valence-electron chi connectivity index (χ2n) is 9.09. The maximum atomic E-state index is 12.6. The monoisotopic (exact) mass is 532 g/mol. The molecule has 0 fully saturated rings. The van der Waals surface area contributed by atoms with Gasteiger partial charge < -0.3 is 34.0 Å². The van der Waals surface area contributed by atoms with Crippen molar-refractivity contribution in [1.29, 1.82) is 0 Å². The molecular formula is C30H32N2O7. The van der Waals surface area contributed by atoms with Crippen molar-refractivity contribution in [3.63, 3.8) is 0 Å². The lowest BCUT2D eigenvalue weighted by Gasteiger charge is -2.28. The van der Waals surface area contributed by atoms with Gasteiger partial charge in [-0.1, -0.05) is 60.7 Å². The van der Waals surface area contributed by atoms with Crippen LogP contribution in [-0.2, 0) is 35.5 Å². The number of carbonyl (C=O) groups is 2. The van der Waals surface area contributed by atoms with E-state index in [4.69, 9.17) is 18.3 Å². The molecule has 2 heterocycles. The number of nitrogens with one attached hydrogen (secondary N) is 2. The van der Waals surface area contributed by atoms with E-state index in [-0.39, 0.29) is 19.6 Å². The fraction of sp³-hybridized carbons (Fsp3) is 0.267. The number of alkyl carbamates (subject to hydrolysis) is 2. The molecule has 2 amide bonds. The van der Waals surface area contributed by atoms with Crippen LogP contribution in [-0.4, -0.2) is 35.5 Å². The zero-order valence-electron chi connectivity index (χ0n) is 21.4. The van der Waals surface area contributed by atoms with Gasteiger partial charge in [0.1, 0.15) is 11.5 Å². The van der Waals surface area contributed by atoms with E-state index >= 15 is 0 Å². The van der Waals surface area contributed by atoms with Gasteiger partial charge in [0.05, 0.1) is 24.7 Å². The van der Waals surface area contributed by atoms with Gasteiger partial charge in [0.15, 0.2) is 13.2 Å². The maximum Gasteiger partial charge on any atom is 0.407 e. The SMILES string of the molecule is O=C(N[C@@H](Cc1ccccc1)C[C@H](O)[C@H](Cc1ccccc1)NC(=O)OCc1ccco1)OCc1ccco1. The summed E-state index contributed by atoms with van der Waals surface area (Å²) in [5, 5.41) is 17.0. The molecule has 9 heteroatoms. The summed E-state index contributed by atoms with van der Waals surface area (Å²) in [7, 11) is 0. The lowest BCUT2D eigenvalue weighted by atomic mass is 9.94. The molecule has 0 saturated carbocycles. The Kier molecular flexibility index (Phi) is 10.2. The van der Waals surface area contributed by atoms with Gasteiger partial charge in [-0.25, -0.2) is 9.59 Å². The minimum absolute atomic E-state index is 0.0147. The molecule has 39 heavy (non-hydrogen) atoms. The maximum absolute atomic E-state index is 12.6. The summed E-state index contributed by atoms with van der Waals surface area (Å²) in [6.07, 6.45) is 1.64. The highest BCUT2D eigenvalue weighted by Gasteiger charge is 2.27. The Bertz CT molecular complexity index is 1250. The normalized spacial score (nSPS) is 13.2. The molecule has 3 atom stereocenters. The largest absolute Gasteiger partial charge is 0.466 e. The Morgan fingerprint density at radius 3 is 1.72 bits per heavy atom. The summed E-state index contributed by atoms with van der Waals surface area (Å²) in [6, 6.07) is 24.8. The molecule has 3 N–H and O–H groups in total. The van der Waals surface area contributed by atoms with Crippen LogP contribution in [0, 0.1) is 0 Å². The van der Waals surface area contributed by atoms with E-state index in [0.717, 1.165) is 11.1 Å². The molecule has 204 valence electrons. The van der Waals surface area contributed by atoms with Crippen molar-refractivity contribution in [2.45, 2.75) is 50.7 Å². The van der Waals surface area contributed by atoms with E-state index in [0.29, 0.717) is 24.4 Å². The number of hydrogen-bond donors (Lipinski definition) is 3. The molecule has 0 unspecified atom stereocenters. The van der Waals surface area contributed by atoms with Crippen LogP contribution in [0.1, 0.15) is 29.1 Å². The molecular weight excluding hydrogens is 500 g/mol. The third kappa shape index (κ3) is 9.39. The standard InChI is InChI=1S/C30H32N2O7/c33-28(27(18-23-11-5-2-6-12-23)32-30(35)39-21-26-14-8-16-37-26)19-24(17-22-9-3-1-4-10-22)31-29(34)38-20-25-13-7-15-36-25/h1-16,24,27-28,33H,17-21H2,(H,31,34)(H,32,35)/t24-,27-,28-/m0/s1. The zero-order chi connectivity index (χ0) is 27.3. The first kappa shape index (κ1) is 27.5. The first-order valence-corrected chi connectivity index (χ1v) is 12.7. The van der Waals surface area contributed by atoms with Crippen LogP contribution in [0.2, 0.25) is 0 Å². The van der Waals surface area contributed by atoms with Crippen molar-refractivity contribution in [2.75, 3.05) is 0 Å². The Hall–Kier alpha value is -4.50. The number of benzene rings is 2. The van der Waals surface area contributed by atoms with Crippen LogP contribution < -0.4 is 10.6 Å². The number of rotatable bonds is 13. The lowest BCUT2D eigenvalue weighted by Crippen LogP contribution is -2.48. The molecule has 9 nitrogen and oxygen atoms in total. The van der Waals surface area contributed by atoms with Crippen molar-refractivity contribution in [1.82, 2.24) is 10.6 Å². The second kappa shape index (κ2) is 14.4. The van der Waals surface area contributed by atoms with E-state index in [1.807, 2.05) is 60.7 Å². The number of aliphatic hydroxyl groups is 1. The summed E-state index contributed by atoms with van der Waals surface area (Å²) in [5.74, 6) is 1.02. The van der Waals surface area contributed by atoms with Gasteiger partial charge in [0.2, 0.25) is 0 Å². The third-order valence-corrected chi connectivity index (χ3v) is 6.09. The first-order valence-electron chi connectivity index (χ1n) is 12.7. The van der Waals surface area contributed by atoms with Gasteiger partial charge in [-0.3, -0.25) is 0 Å². The van der Waals surface area contributed by atoms with Gasteiger partial charge in [-0.2, -0.15) is 0 Å². The van der Waals surface area contributed by atoms with Crippen molar-refractivity contribution in [2.24, 2.45) is 0 Å². The fourth-order valence-corrected chi connectivity index (χ4v) is 4.16. The molecule has 0 radical (unpaired) electrons. The number of ether oxygens (including phenoxy) is 2. The topological polar surface area (TPSA) is 123 Å². The summed E-state index contributed by atoms with van der Waals surface area (Å²) < 4.78 is 21.0. The van der Waals surface area contributed by atoms with Crippen LogP contribution in [0.25, 0.3) is 0 Å². The Morgan fingerprint density at radius 1 is 0.692 bits per heavy atom. The number of hydrogen-bond acceptors (Lipinski definition) is 7. The van der Waals surface area contributed by atoms with E-state index < -0.39 is 30.4 Å². The smallest absolute Gasteiger partial charge is 0.407 e. The van der Waals surface area contributed by atoms with Crippen molar-refractivity contribution < 1.29 is 33.0 Å². The molecule has 4 aromatic rings. The summed E-state index contributed by atoms with van der Waals surface area (Å²) in [6.45, 7) is -0.0498. The molecule has 4 rings (SSSR count). The Morgan fingerprint density at radius 2 is 1.21 bits per heavy atom. The molecule has 0 saturated heterocycles. The molecule has 0 bridgehead atoms. The van der Waals surface area contributed by atoms with Gasteiger partial charge in [-0.05, 0) is 54.7 Å². The zero-order valence-corrected chi connectivity index (χ0v) is 21.4. The fourth-order valence-electron chi connectivity index (χ4n) is 4.16. The number of amides is 2. The highest BCUT2D eigenvalue weighted by molar-refractivity contribution is 5.68. The lowest BCUT2D eigenvalue weighted by molar-refractivity contribution is 0.0835. The summed E-state index contributed by atoms with van der Waals surface area (Å²) in [5.41, 5.74) is 1.91. The van der Waals surface area contributed by atoms with Gasteiger partial charge in [0.25, 0.3) is 0 Å². The van der Waals surface area contributed by atoms with Crippen LogP contribution >= 0.6 is 0 Å². The van der Waals surface area contributed by atoms with Gasteiger partial charge in [-0.15, -0.1) is 0 Å². The number of furan rings is 2. The number of carbonyl (C=O) groups excluding carboxylic acids is 2. The van der Waals surface area contributed by atoms with Crippen LogP contribution in [0.4, 0.5) is 9.59 Å². The van der Waals surface area contributed by atoms with Crippen LogP contribution in [0.3, 0.4) is 0 Å². The molecule has 0 aliphatic heterocycles. The average molecular weight is 533 g/mol. The summed E-state index contributed by atoms with van der Waals surface area (Å²) >= 11 is 0. The van der Waals surface area contributed by atoms with Crippen molar-refractivity contribution in [3.05, 3.63) is 120 Å². The van der Waals surface area contributed by atoms with E-state index in [1.54, 1.807) is 24.3 Å². The summed E-state index contributed by atoms with van der Waals surface area (Å²) in [4.78, 5) is 25.2. The Labute approximate surface area is 226 Å². The molecule has 2 aromatic heterocycles. The Balaban J connectivity index is 1.42. The van der Waals surface area contributed by atoms with E-state index in [1.165, 1.54) is 12.5 Å². The van der Waals surface area contributed by atoms with Gasteiger partial charge in [0, 0.05) is 6.04 Å². The minimum atomic E-state index is -1.01. The highest BCUT2D eigenvalue weighted by atomic mass is 16.6. The van der Waals surface area contributed by atoms with Crippen LogP contribution in [0.5, 0.6) is 0 Å². The number of aliphatic hydroxyl groups excluding tert-OH is 1. The molecule has 2 aromatic carbocycles. The molecule has 0 aliphatic rings. The van der Waals surface area contributed by atoms with Crippen LogP contribution in [0.15, 0.2) is 106 Å². The van der Waals surface area contributed by atoms with E-state index in [9.17, 15) is 14.7 Å². The average Bonchev–Trinajstić information content (AvgIpc) is 3.66. The van der Waals surface area contributed by atoms with Crippen molar-refractivity contribution >= 4 is 12.2 Å².